The lowest BCUT2D eigenvalue weighted by Gasteiger charge is -2.29. The van der Waals surface area contributed by atoms with Crippen molar-refractivity contribution in [3.05, 3.63) is 30.0 Å². The average Bonchev–Trinajstić information content (AvgIpc) is 2.91. The topological polar surface area (TPSA) is 86.2 Å². The fourth-order valence-electron chi connectivity index (χ4n) is 2.45. The molecule has 1 aromatic carbocycles. The first-order valence-electron chi connectivity index (χ1n) is 6.94. The van der Waals surface area contributed by atoms with E-state index in [1.165, 1.54) is 0 Å². The van der Waals surface area contributed by atoms with Crippen molar-refractivity contribution < 1.29 is 19.4 Å². The Kier molecular flexibility index (Phi) is 9.01. The summed E-state index contributed by atoms with van der Waals surface area (Å²) in [5.74, 6) is -0.147. The first kappa shape index (κ1) is 21.5. The van der Waals surface area contributed by atoms with Crippen LogP contribution >= 0.6 is 24.8 Å². The van der Waals surface area contributed by atoms with Crippen LogP contribution in [0.5, 0.6) is 0 Å². The number of benzene rings is 1. The van der Waals surface area contributed by atoms with Gasteiger partial charge in [-0.1, -0.05) is 0 Å². The molecule has 0 aliphatic carbocycles. The van der Waals surface area contributed by atoms with Crippen LogP contribution in [-0.2, 0) is 4.74 Å². The molecule has 0 atom stereocenters. The van der Waals surface area contributed by atoms with Gasteiger partial charge in [0.05, 0.1) is 6.61 Å². The number of carbonyl (C=O) groups is 1. The Bertz CT molecular complexity index is 627. The van der Waals surface area contributed by atoms with Gasteiger partial charge in [0.15, 0.2) is 0 Å². The highest BCUT2D eigenvalue weighted by Gasteiger charge is 2.15. The number of halogens is 2. The van der Waals surface area contributed by atoms with Gasteiger partial charge in [0, 0.05) is 37.3 Å². The molecule has 1 saturated heterocycles. The summed E-state index contributed by atoms with van der Waals surface area (Å²) in [6.45, 7) is 6.11. The molecule has 1 aliphatic heterocycles. The van der Waals surface area contributed by atoms with E-state index < -0.39 is 5.97 Å². The van der Waals surface area contributed by atoms with E-state index in [1.54, 1.807) is 13.0 Å². The summed E-state index contributed by atoms with van der Waals surface area (Å²) >= 11 is 0. The molecule has 8 heteroatoms. The maximum atomic E-state index is 11.7. The molecule has 130 valence electrons. The minimum absolute atomic E-state index is 0. The molecule has 1 aromatic heterocycles. The molecule has 0 spiro atoms. The van der Waals surface area contributed by atoms with E-state index in [1.807, 2.05) is 12.1 Å². The lowest BCUT2D eigenvalue weighted by Crippen LogP contribution is -2.43. The Balaban J connectivity index is 0.00000161. The highest BCUT2D eigenvalue weighted by molar-refractivity contribution is 5.93. The second-order valence-corrected chi connectivity index (χ2v) is 4.79. The highest BCUT2D eigenvalue weighted by Crippen LogP contribution is 2.25. The molecule has 1 fully saturated rings. The normalized spacial score (nSPS) is 13.5. The predicted octanol–water partition coefficient (Wildman–Crippen LogP) is 2.04. The van der Waals surface area contributed by atoms with E-state index in [9.17, 15) is 4.79 Å². The van der Waals surface area contributed by atoms with Gasteiger partial charge in [-0.25, -0.2) is 4.79 Å². The number of nitrogens with zero attached hydrogens (tertiary/aromatic N) is 1. The average molecular weight is 365 g/mol. The maximum Gasteiger partial charge on any atom is 0.374 e. The minimum atomic E-state index is -0.410. The third-order valence-electron chi connectivity index (χ3n) is 3.46. The van der Waals surface area contributed by atoms with E-state index in [4.69, 9.17) is 9.15 Å². The zero-order valence-corrected chi connectivity index (χ0v) is 14.5. The first-order chi connectivity index (χ1) is 9.78. The van der Waals surface area contributed by atoms with E-state index >= 15 is 0 Å². The fourth-order valence-corrected chi connectivity index (χ4v) is 2.45. The van der Waals surface area contributed by atoms with Crippen molar-refractivity contribution in [3.63, 3.8) is 0 Å². The van der Waals surface area contributed by atoms with E-state index in [-0.39, 0.29) is 36.1 Å². The molecule has 3 rings (SSSR count). The summed E-state index contributed by atoms with van der Waals surface area (Å²) < 4.78 is 10.5. The van der Waals surface area contributed by atoms with Gasteiger partial charge >= 0.3 is 5.97 Å². The van der Waals surface area contributed by atoms with Gasteiger partial charge in [-0.3, -0.25) is 0 Å². The van der Waals surface area contributed by atoms with Crippen LogP contribution in [0.2, 0.25) is 0 Å². The number of carbonyl (C=O) groups excluding carboxylic acids is 1. The molecule has 2 aromatic rings. The Labute approximate surface area is 147 Å². The van der Waals surface area contributed by atoms with Crippen LogP contribution in [0.25, 0.3) is 11.0 Å². The molecule has 23 heavy (non-hydrogen) atoms. The van der Waals surface area contributed by atoms with Gasteiger partial charge < -0.3 is 24.8 Å². The fraction of sp³-hybridized carbons (Fsp3) is 0.400. The Morgan fingerprint density at radius 2 is 1.96 bits per heavy atom. The second kappa shape index (κ2) is 9.62. The van der Waals surface area contributed by atoms with Crippen LogP contribution in [-0.4, -0.2) is 44.2 Å². The van der Waals surface area contributed by atoms with Crippen molar-refractivity contribution in [2.45, 2.75) is 6.92 Å². The van der Waals surface area contributed by atoms with Crippen molar-refractivity contribution in [1.29, 1.82) is 0 Å². The molecule has 0 radical (unpaired) electrons. The second-order valence-electron chi connectivity index (χ2n) is 4.79. The molecule has 0 amide bonds. The van der Waals surface area contributed by atoms with Crippen molar-refractivity contribution in [2.75, 3.05) is 37.7 Å². The number of nitrogens with one attached hydrogen (secondary N) is 1. The summed E-state index contributed by atoms with van der Waals surface area (Å²) in [6, 6.07) is 7.76. The number of furan rings is 1. The maximum absolute atomic E-state index is 11.7. The monoisotopic (exact) mass is 364 g/mol. The quantitative estimate of drug-likeness (QED) is 0.842. The van der Waals surface area contributed by atoms with E-state index in [0.29, 0.717) is 12.2 Å². The summed E-state index contributed by atoms with van der Waals surface area (Å²) in [6.07, 6.45) is 0. The van der Waals surface area contributed by atoms with Gasteiger partial charge in [-0.05, 0) is 31.2 Å². The summed E-state index contributed by atoms with van der Waals surface area (Å²) in [5, 5.41) is 4.27. The van der Waals surface area contributed by atoms with Crippen LogP contribution in [0.3, 0.4) is 0 Å². The third kappa shape index (κ3) is 4.75. The zero-order chi connectivity index (χ0) is 13.9. The Morgan fingerprint density at radius 1 is 1.26 bits per heavy atom. The summed E-state index contributed by atoms with van der Waals surface area (Å²) in [4.78, 5) is 14.0. The molecule has 6 nitrogen and oxygen atoms in total. The van der Waals surface area contributed by atoms with Crippen molar-refractivity contribution in [2.24, 2.45) is 0 Å². The Hall–Kier alpha value is -1.47. The molecule has 2 heterocycles. The molecular formula is C15H22Cl2N2O4. The number of hydrogen-bond donors (Lipinski definition) is 1. The van der Waals surface area contributed by atoms with Gasteiger partial charge in [-0.2, -0.15) is 0 Å². The SMILES string of the molecule is CCOC(=O)c1cc2cc(N3CCNCC3)ccc2o1.Cl.Cl.O. The van der Waals surface area contributed by atoms with E-state index in [2.05, 4.69) is 16.3 Å². The van der Waals surface area contributed by atoms with Gasteiger partial charge in [-0.15, -0.1) is 24.8 Å². The van der Waals surface area contributed by atoms with Crippen molar-refractivity contribution in [3.8, 4) is 0 Å². The summed E-state index contributed by atoms with van der Waals surface area (Å²) in [5.41, 5.74) is 1.88. The van der Waals surface area contributed by atoms with Crippen LogP contribution in [0, 0.1) is 0 Å². The van der Waals surface area contributed by atoms with Gasteiger partial charge in [0.1, 0.15) is 5.58 Å². The highest BCUT2D eigenvalue weighted by atomic mass is 35.5. The number of hydrogen-bond acceptors (Lipinski definition) is 5. The number of piperazine rings is 1. The number of ether oxygens (including phenoxy) is 1. The molecule has 0 unspecified atom stereocenters. The summed E-state index contributed by atoms with van der Waals surface area (Å²) in [7, 11) is 0. The van der Waals surface area contributed by atoms with Gasteiger partial charge in [0.25, 0.3) is 0 Å². The minimum Gasteiger partial charge on any atom is -0.460 e. The molecule has 1 aliphatic rings. The number of rotatable bonds is 3. The lowest BCUT2D eigenvalue weighted by atomic mass is 10.2. The molecule has 0 saturated carbocycles. The van der Waals surface area contributed by atoms with Crippen molar-refractivity contribution >= 4 is 47.4 Å². The molecule has 0 bridgehead atoms. The largest absolute Gasteiger partial charge is 0.460 e. The number of anilines is 1. The standard InChI is InChI=1S/C15H18N2O3.2ClH.H2O/c1-2-19-15(18)14-10-11-9-12(3-4-13(11)20-14)17-7-5-16-6-8-17;;;/h3-4,9-10,16H,2,5-8H2,1H3;2*1H;1H2. The lowest BCUT2D eigenvalue weighted by molar-refractivity contribution is 0.0492. The smallest absolute Gasteiger partial charge is 0.374 e. The number of esters is 1. The zero-order valence-electron chi connectivity index (χ0n) is 12.8. The van der Waals surface area contributed by atoms with Crippen LogP contribution in [0.15, 0.2) is 28.7 Å². The van der Waals surface area contributed by atoms with Crippen molar-refractivity contribution in [1.82, 2.24) is 5.32 Å². The molecular weight excluding hydrogens is 343 g/mol. The van der Waals surface area contributed by atoms with Crippen LogP contribution in [0.4, 0.5) is 5.69 Å². The van der Waals surface area contributed by atoms with E-state index in [0.717, 1.165) is 37.3 Å². The van der Waals surface area contributed by atoms with Crippen LogP contribution < -0.4 is 10.2 Å². The van der Waals surface area contributed by atoms with Crippen LogP contribution in [0.1, 0.15) is 17.5 Å². The van der Waals surface area contributed by atoms with Gasteiger partial charge in [0.2, 0.25) is 5.76 Å². The predicted molar refractivity (Wildman–Crippen MR) is 95.4 cm³/mol. The third-order valence-corrected chi connectivity index (χ3v) is 3.46. The molecule has 3 N–H and O–H groups in total. The Morgan fingerprint density at radius 3 is 2.61 bits per heavy atom. The first-order valence-corrected chi connectivity index (χ1v) is 6.94. The number of fused-ring (bicyclic) bond motifs is 1.